The summed E-state index contributed by atoms with van der Waals surface area (Å²) in [4.78, 5) is 11.3. The van der Waals surface area contributed by atoms with Crippen LogP contribution in [0.3, 0.4) is 0 Å². The lowest BCUT2D eigenvalue weighted by molar-refractivity contribution is 0.273. The minimum absolute atomic E-state index is 0.0688. The Balaban J connectivity index is 1.94. The predicted molar refractivity (Wildman–Crippen MR) is 111 cm³/mol. The van der Waals surface area contributed by atoms with Crippen LogP contribution in [0.1, 0.15) is 31.4 Å². The Morgan fingerprint density at radius 3 is 2.64 bits per heavy atom. The van der Waals surface area contributed by atoms with Crippen molar-refractivity contribution in [3.63, 3.8) is 0 Å². The van der Waals surface area contributed by atoms with Gasteiger partial charge in [-0.3, -0.25) is 0 Å². The fourth-order valence-electron chi connectivity index (χ4n) is 3.32. The van der Waals surface area contributed by atoms with Crippen molar-refractivity contribution in [3.05, 3.63) is 52.4 Å². The summed E-state index contributed by atoms with van der Waals surface area (Å²) in [5, 5.41) is 14.2. The van der Waals surface area contributed by atoms with Crippen LogP contribution in [0.2, 0.25) is 0 Å². The zero-order valence-electron chi connectivity index (χ0n) is 16.7. The van der Waals surface area contributed by atoms with E-state index in [-0.39, 0.29) is 11.6 Å². The molecule has 1 N–H and O–H groups in total. The van der Waals surface area contributed by atoms with E-state index in [9.17, 15) is 10.0 Å². The lowest BCUT2D eigenvalue weighted by atomic mass is 10.1. The van der Waals surface area contributed by atoms with E-state index in [1.54, 1.807) is 17.7 Å². The highest BCUT2D eigenvalue weighted by Gasteiger charge is 2.19. The average Bonchev–Trinajstić information content (AvgIpc) is 2.94. The van der Waals surface area contributed by atoms with E-state index in [0.29, 0.717) is 36.0 Å². The third kappa shape index (κ3) is 3.81. The standard InChI is InChI=1S/C22H26N2O4/c1-14(2)10-11-28-18-9-8-16(12-19(18)27-4)13-24-21-15(3)6-5-7-17(21)20(23-26)22(24)25/h5-9,12,14,25H,10-11,13H2,1-4H3. The number of para-hydroxylation sites is 1. The molecule has 0 saturated carbocycles. The Morgan fingerprint density at radius 1 is 1.18 bits per heavy atom. The minimum atomic E-state index is -0.129. The fraction of sp³-hybridized carbons (Fsp3) is 0.364. The van der Waals surface area contributed by atoms with Gasteiger partial charge >= 0.3 is 0 Å². The molecule has 0 atom stereocenters. The molecule has 0 aliphatic heterocycles. The molecule has 0 spiro atoms. The maximum Gasteiger partial charge on any atom is 0.222 e. The van der Waals surface area contributed by atoms with Crippen LogP contribution in [0.4, 0.5) is 5.69 Å². The van der Waals surface area contributed by atoms with Crippen molar-refractivity contribution in [1.82, 2.24) is 4.57 Å². The van der Waals surface area contributed by atoms with Crippen molar-refractivity contribution in [3.8, 4) is 17.4 Å². The van der Waals surface area contributed by atoms with Gasteiger partial charge in [0.05, 0.1) is 25.8 Å². The van der Waals surface area contributed by atoms with Gasteiger partial charge in [-0.25, -0.2) is 0 Å². The van der Waals surface area contributed by atoms with Crippen molar-refractivity contribution in [2.45, 2.75) is 33.7 Å². The monoisotopic (exact) mass is 382 g/mol. The molecule has 6 nitrogen and oxygen atoms in total. The first kappa shape index (κ1) is 19.7. The Hall–Kier alpha value is -3.02. The quantitative estimate of drug-likeness (QED) is 0.520. The van der Waals surface area contributed by atoms with Crippen molar-refractivity contribution < 1.29 is 14.6 Å². The van der Waals surface area contributed by atoms with Crippen LogP contribution in [-0.4, -0.2) is 23.4 Å². The first-order chi connectivity index (χ1) is 13.5. The van der Waals surface area contributed by atoms with Gasteiger partial charge in [-0.2, -0.15) is 0 Å². The number of methoxy groups -OCH3 is 1. The first-order valence-electron chi connectivity index (χ1n) is 9.40. The lowest BCUT2D eigenvalue weighted by Crippen LogP contribution is -2.04. The van der Waals surface area contributed by atoms with E-state index in [1.165, 1.54) is 0 Å². The number of nitrogens with zero attached hydrogens (tertiary/aromatic N) is 2. The van der Waals surface area contributed by atoms with Crippen LogP contribution in [-0.2, 0) is 6.54 Å². The van der Waals surface area contributed by atoms with Crippen molar-refractivity contribution in [1.29, 1.82) is 0 Å². The minimum Gasteiger partial charge on any atom is -0.493 e. The van der Waals surface area contributed by atoms with Gasteiger partial charge in [0, 0.05) is 5.39 Å². The highest BCUT2D eigenvalue weighted by molar-refractivity contribution is 5.96. The zero-order valence-corrected chi connectivity index (χ0v) is 16.7. The maximum atomic E-state index is 11.3. The van der Waals surface area contributed by atoms with Crippen molar-refractivity contribution in [2.75, 3.05) is 13.7 Å². The third-order valence-electron chi connectivity index (χ3n) is 4.84. The second-order valence-electron chi connectivity index (χ2n) is 7.34. The van der Waals surface area contributed by atoms with Gasteiger partial charge < -0.3 is 19.1 Å². The molecule has 6 heteroatoms. The van der Waals surface area contributed by atoms with Gasteiger partial charge in [-0.1, -0.05) is 38.1 Å². The van der Waals surface area contributed by atoms with E-state index >= 15 is 0 Å². The Bertz CT molecular complexity index is 992. The SMILES string of the molecule is COc1cc(Cn2c(O)c(N=O)c3cccc(C)c32)ccc1OCCC(C)C. The highest BCUT2D eigenvalue weighted by atomic mass is 16.5. The number of aromatic nitrogens is 1. The Morgan fingerprint density at radius 2 is 1.96 bits per heavy atom. The summed E-state index contributed by atoms with van der Waals surface area (Å²) in [7, 11) is 1.61. The lowest BCUT2D eigenvalue weighted by Gasteiger charge is -2.14. The van der Waals surface area contributed by atoms with E-state index in [1.807, 2.05) is 37.3 Å². The van der Waals surface area contributed by atoms with Crippen LogP contribution in [0.25, 0.3) is 10.9 Å². The Kier molecular flexibility index (Phi) is 5.87. The number of aromatic hydroxyl groups is 1. The predicted octanol–water partition coefficient (Wildman–Crippen LogP) is 5.54. The van der Waals surface area contributed by atoms with E-state index in [2.05, 4.69) is 19.0 Å². The second-order valence-corrected chi connectivity index (χ2v) is 7.34. The molecule has 2 aromatic carbocycles. The third-order valence-corrected chi connectivity index (χ3v) is 4.84. The largest absolute Gasteiger partial charge is 0.493 e. The summed E-state index contributed by atoms with van der Waals surface area (Å²) in [6.45, 7) is 7.26. The summed E-state index contributed by atoms with van der Waals surface area (Å²) >= 11 is 0. The molecule has 1 aromatic heterocycles. The zero-order chi connectivity index (χ0) is 20.3. The van der Waals surface area contributed by atoms with Gasteiger partial charge in [0.15, 0.2) is 17.2 Å². The van der Waals surface area contributed by atoms with E-state index < -0.39 is 0 Å². The molecule has 3 rings (SSSR count). The fourth-order valence-corrected chi connectivity index (χ4v) is 3.32. The first-order valence-corrected chi connectivity index (χ1v) is 9.40. The smallest absolute Gasteiger partial charge is 0.222 e. The molecule has 148 valence electrons. The van der Waals surface area contributed by atoms with Gasteiger partial charge in [0.2, 0.25) is 5.88 Å². The summed E-state index contributed by atoms with van der Waals surface area (Å²) in [6, 6.07) is 11.3. The molecule has 0 aliphatic rings. The highest BCUT2D eigenvalue weighted by Crippen LogP contribution is 2.40. The molecular formula is C22H26N2O4. The summed E-state index contributed by atoms with van der Waals surface area (Å²) in [6.07, 6.45) is 0.967. The topological polar surface area (TPSA) is 73.0 Å². The summed E-state index contributed by atoms with van der Waals surface area (Å²) in [5.74, 6) is 1.78. The van der Waals surface area contributed by atoms with Crippen LogP contribution >= 0.6 is 0 Å². The van der Waals surface area contributed by atoms with Gasteiger partial charge in [-0.15, -0.1) is 4.91 Å². The normalized spacial score (nSPS) is 11.2. The van der Waals surface area contributed by atoms with Gasteiger partial charge in [-0.05, 0) is 47.7 Å². The average molecular weight is 382 g/mol. The van der Waals surface area contributed by atoms with Crippen LogP contribution in [0.15, 0.2) is 41.6 Å². The molecule has 0 radical (unpaired) electrons. The number of fused-ring (bicyclic) bond motifs is 1. The van der Waals surface area contributed by atoms with E-state index in [0.717, 1.165) is 23.1 Å². The molecule has 0 bridgehead atoms. The number of benzene rings is 2. The summed E-state index contributed by atoms with van der Waals surface area (Å²) < 4.78 is 13.0. The van der Waals surface area contributed by atoms with Crippen LogP contribution in [0.5, 0.6) is 17.4 Å². The summed E-state index contributed by atoms with van der Waals surface area (Å²) in [5.41, 5.74) is 2.74. The maximum absolute atomic E-state index is 11.3. The number of ether oxygens (including phenoxy) is 2. The molecule has 3 aromatic rings. The molecule has 28 heavy (non-hydrogen) atoms. The van der Waals surface area contributed by atoms with Crippen LogP contribution in [0, 0.1) is 17.7 Å². The van der Waals surface area contributed by atoms with Gasteiger partial charge in [0.1, 0.15) is 0 Å². The molecule has 0 fully saturated rings. The van der Waals surface area contributed by atoms with E-state index in [4.69, 9.17) is 9.47 Å². The Labute approximate surface area is 164 Å². The molecule has 0 saturated heterocycles. The van der Waals surface area contributed by atoms with Crippen molar-refractivity contribution in [2.24, 2.45) is 11.1 Å². The molecule has 0 amide bonds. The number of hydrogen-bond acceptors (Lipinski definition) is 5. The van der Waals surface area contributed by atoms with Crippen molar-refractivity contribution >= 4 is 16.6 Å². The molecule has 0 aliphatic carbocycles. The number of hydrogen-bond donors (Lipinski definition) is 1. The number of aryl methyl sites for hydroxylation is 1. The van der Waals surface area contributed by atoms with Gasteiger partial charge in [0.25, 0.3) is 0 Å². The second kappa shape index (κ2) is 8.33. The molecule has 0 unspecified atom stereocenters. The number of rotatable bonds is 8. The molecule has 1 heterocycles. The molecular weight excluding hydrogens is 356 g/mol. The number of nitroso groups, excluding NO2 is 1. The van der Waals surface area contributed by atoms with Crippen LogP contribution < -0.4 is 9.47 Å².